The quantitative estimate of drug-likeness (QED) is 0.529. The summed E-state index contributed by atoms with van der Waals surface area (Å²) in [6.07, 6.45) is 3.20. The van der Waals surface area contributed by atoms with Crippen molar-refractivity contribution in [2.45, 2.75) is 6.92 Å². The Morgan fingerprint density at radius 2 is 2.00 bits per heavy atom. The minimum Gasteiger partial charge on any atom is -0.539 e. The lowest BCUT2D eigenvalue weighted by atomic mass is 9.80. The molecule has 0 aliphatic carbocycles. The van der Waals surface area contributed by atoms with E-state index in [0.29, 0.717) is 0 Å². The third-order valence-electron chi connectivity index (χ3n) is 1.43. The Bertz CT molecular complexity index is 246. The van der Waals surface area contributed by atoms with E-state index in [0.717, 1.165) is 5.46 Å². The summed E-state index contributed by atoms with van der Waals surface area (Å²) >= 11 is 0. The van der Waals surface area contributed by atoms with Crippen molar-refractivity contribution in [1.29, 1.82) is 0 Å². The largest absolute Gasteiger partial charge is 0.559 e. The second kappa shape index (κ2) is 4.62. The molecule has 0 aliphatic rings. The molecule has 0 heterocycles. The molecule has 3 heteroatoms. The molecule has 0 unspecified atom stereocenters. The van der Waals surface area contributed by atoms with Crippen molar-refractivity contribution in [3.8, 4) is 0 Å². The summed E-state index contributed by atoms with van der Waals surface area (Å²) in [6, 6.07) is 9.24. The van der Waals surface area contributed by atoms with Gasteiger partial charge in [0.15, 0.2) is 0 Å². The molecule has 2 nitrogen and oxygen atoms in total. The van der Waals surface area contributed by atoms with Crippen LogP contribution in [-0.4, -0.2) is 12.1 Å². The summed E-state index contributed by atoms with van der Waals surface area (Å²) in [5.41, 5.74) is 0.760. The van der Waals surface area contributed by atoms with Crippen LogP contribution in [0.1, 0.15) is 6.92 Å². The number of benzene rings is 1. The molecule has 0 aliphatic heterocycles. The van der Waals surface area contributed by atoms with E-state index in [1.165, 1.54) is 6.26 Å². The highest BCUT2D eigenvalue weighted by atomic mass is 16.5. The Hall–Kier alpha value is -1.22. The van der Waals surface area contributed by atoms with Crippen LogP contribution < -0.4 is 5.46 Å². The summed E-state index contributed by atoms with van der Waals surface area (Å²) in [6.45, 7) is 1.83. The van der Waals surface area contributed by atoms with Crippen LogP contribution in [0.3, 0.4) is 0 Å². The number of hydrogen-bond donors (Lipinski definition) is 1. The van der Waals surface area contributed by atoms with Crippen LogP contribution >= 0.6 is 0 Å². The average Bonchev–Trinajstić information content (AvgIpc) is 2.15. The van der Waals surface area contributed by atoms with Gasteiger partial charge in [-0.15, -0.1) is 0 Å². The molecule has 0 atom stereocenters. The highest BCUT2D eigenvalue weighted by Gasteiger charge is 2.14. The van der Waals surface area contributed by atoms with E-state index >= 15 is 0 Å². The Kier molecular flexibility index (Phi) is 3.42. The molecule has 1 rings (SSSR count). The van der Waals surface area contributed by atoms with Crippen LogP contribution in [0.2, 0.25) is 0 Å². The fourth-order valence-corrected chi connectivity index (χ4v) is 0.849. The maximum Gasteiger partial charge on any atom is 0.559 e. The molecule has 0 bridgehead atoms. The van der Waals surface area contributed by atoms with Crippen molar-refractivity contribution in [3.63, 3.8) is 0 Å². The third kappa shape index (κ3) is 2.44. The van der Waals surface area contributed by atoms with Gasteiger partial charge in [0.1, 0.15) is 0 Å². The molecule has 1 N–H and O–H groups in total. The maximum absolute atomic E-state index is 9.38. The first kappa shape index (κ1) is 8.88. The van der Waals surface area contributed by atoms with Gasteiger partial charge in [0.2, 0.25) is 0 Å². The zero-order valence-electron chi connectivity index (χ0n) is 6.97. The van der Waals surface area contributed by atoms with E-state index < -0.39 is 7.12 Å². The molecule has 0 amide bonds. The Morgan fingerprint density at radius 3 is 2.58 bits per heavy atom. The zero-order valence-corrected chi connectivity index (χ0v) is 6.97. The van der Waals surface area contributed by atoms with Crippen LogP contribution in [0.4, 0.5) is 0 Å². The fraction of sp³-hybridized carbons (Fsp3) is 0.111. The van der Waals surface area contributed by atoms with Crippen LogP contribution in [0.15, 0.2) is 42.7 Å². The molecule has 0 spiro atoms. The van der Waals surface area contributed by atoms with Crippen LogP contribution in [0, 0.1) is 0 Å². The highest BCUT2D eigenvalue weighted by molar-refractivity contribution is 6.60. The van der Waals surface area contributed by atoms with Gasteiger partial charge in [-0.2, -0.15) is 0 Å². The van der Waals surface area contributed by atoms with Crippen LogP contribution in [-0.2, 0) is 4.65 Å². The predicted molar refractivity (Wildman–Crippen MR) is 49.9 cm³/mol. The third-order valence-corrected chi connectivity index (χ3v) is 1.43. The summed E-state index contributed by atoms with van der Waals surface area (Å²) in [4.78, 5) is 0. The molecule has 12 heavy (non-hydrogen) atoms. The Balaban J connectivity index is 2.59. The second-order valence-electron chi connectivity index (χ2n) is 2.37. The van der Waals surface area contributed by atoms with E-state index in [1.54, 1.807) is 6.08 Å². The van der Waals surface area contributed by atoms with E-state index in [9.17, 15) is 5.02 Å². The fourth-order valence-electron chi connectivity index (χ4n) is 0.849. The molecule has 0 saturated carbocycles. The number of rotatable bonds is 3. The molecule has 1 aromatic rings. The van der Waals surface area contributed by atoms with Gasteiger partial charge in [0.05, 0.1) is 6.26 Å². The van der Waals surface area contributed by atoms with Gasteiger partial charge < -0.3 is 9.68 Å². The number of hydrogen-bond acceptors (Lipinski definition) is 2. The van der Waals surface area contributed by atoms with E-state index in [1.807, 2.05) is 37.3 Å². The van der Waals surface area contributed by atoms with Gasteiger partial charge in [-0.25, -0.2) is 0 Å². The van der Waals surface area contributed by atoms with E-state index in [2.05, 4.69) is 0 Å². The molecular formula is C9H11BO2. The van der Waals surface area contributed by atoms with Gasteiger partial charge in [0, 0.05) is 0 Å². The van der Waals surface area contributed by atoms with Gasteiger partial charge in [-0.3, -0.25) is 0 Å². The number of allylic oxidation sites excluding steroid dienone is 1. The van der Waals surface area contributed by atoms with Crippen LogP contribution in [0.25, 0.3) is 0 Å². The first-order chi connectivity index (χ1) is 5.84. The lowest BCUT2D eigenvalue weighted by Crippen LogP contribution is -2.31. The van der Waals surface area contributed by atoms with E-state index in [-0.39, 0.29) is 0 Å². The lowest BCUT2D eigenvalue weighted by Gasteiger charge is -2.03. The van der Waals surface area contributed by atoms with Gasteiger partial charge in [0.25, 0.3) is 0 Å². The van der Waals surface area contributed by atoms with Gasteiger partial charge in [-0.05, 0) is 12.4 Å². The molecule has 0 saturated heterocycles. The monoisotopic (exact) mass is 162 g/mol. The maximum atomic E-state index is 9.38. The molecule has 0 fully saturated rings. The zero-order chi connectivity index (χ0) is 8.81. The van der Waals surface area contributed by atoms with Crippen molar-refractivity contribution in [3.05, 3.63) is 42.7 Å². The SMILES string of the molecule is CC=COB(O)c1ccccc1. The van der Waals surface area contributed by atoms with Crippen molar-refractivity contribution in [1.82, 2.24) is 0 Å². The molecule has 0 aromatic heterocycles. The van der Waals surface area contributed by atoms with E-state index in [4.69, 9.17) is 4.65 Å². The predicted octanol–water partition coefficient (Wildman–Crippen LogP) is 0.924. The topological polar surface area (TPSA) is 29.5 Å². The first-order valence-corrected chi connectivity index (χ1v) is 3.84. The average molecular weight is 162 g/mol. The van der Waals surface area contributed by atoms with Crippen molar-refractivity contribution < 1.29 is 9.68 Å². The summed E-state index contributed by atoms with van der Waals surface area (Å²) < 4.78 is 4.95. The van der Waals surface area contributed by atoms with Crippen LogP contribution in [0.5, 0.6) is 0 Å². The van der Waals surface area contributed by atoms with Gasteiger partial charge >= 0.3 is 7.12 Å². The van der Waals surface area contributed by atoms with Crippen molar-refractivity contribution in [2.24, 2.45) is 0 Å². The minimum atomic E-state index is -0.859. The highest BCUT2D eigenvalue weighted by Crippen LogP contribution is 1.88. The molecule has 62 valence electrons. The molecule has 0 radical (unpaired) electrons. The lowest BCUT2D eigenvalue weighted by molar-refractivity contribution is 0.386. The minimum absolute atomic E-state index is 0.760. The Morgan fingerprint density at radius 1 is 1.33 bits per heavy atom. The standard InChI is InChI=1S/C9H11BO2/c1-2-8-12-10(11)9-6-4-3-5-7-9/h2-8,11H,1H3. The molecular weight excluding hydrogens is 151 g/mol. The smallest absolute Gasteiger partial charge is 0.539 e. The van der Waals surface area contributed by atoms with Crippen molar-refractivity contribution >= 4 is 12.6 Å². The summed E-state index contributed by atoms with van der Waals surface area (Å²) in [5, 5.41) is 9.38. The second-order valence-corrected chi connectivity index (χ2v) is 2.37. The van der Waals surface area contributed by atoms with Crippen molar-refractivity contribution in [2.75, 3.05) is 0 Å². The Labute approximate surface area is 72.6 Å². The molecule has 1 aromatic carbocycles. The summed E-state index contributed by atoms with van der Waals surface area (Å²) in [5.74, 6) is 0. The van der Waals surface area contributed by atoms with Gasteiger partial charge in [-0.1, -0.05) is 36.4 Å². The summed E-state index contributed by atoms with van der Waals surface area (Å²) in [7, 11) is -0.859. The normalized spacial score (nSPS) is 10.2. The first-order valence-electron chi connectivity index (χ1n) is 3.84.